The summed E-state index contributed by atoms with van der Waals surface area (Å²) < 4.78 is 85.5. The highest BCUT2D eigenvalue weighted by atomic mass is 19.4. The number of alkyl halides is 6. The molecule has 0 heterocycles. The maximum atomic E-state index is 12.7. The van der Waals surface area contributed by atoms with E-state index in [4.69, 9.17) is 0 Å². The number of esters is 2. The summed E-state index contributed by atoms with van der Waals surface area (Å²) in [5, 5.41) is 0. The first-order valence-electron chi connectivity index (χ1n) is 7.32. The molecule has 0 saturated heterocycles. The van der Waals surface area contributed by atoms with Gasteiger partial charge in [0.1, 0.15) is 0 Å². The van der Waals surface area contributed by atoms with Crippen LogP contribution in [-0.2, 0) is 26.6 Å². The molecule has 0 radical (unpaired) electrons. The van der Waals surface area contributed by atoms with E-state index in [0.717, 1.165) is 0 Å². The zero-order valence-electron chi connectivity index (χ0n) is 14.0. The fourth-order valence-electron chi connectivity index (χ4n) is 1.63. The van der Waals surface area contributed by atoms with Crippen LogP contribution >= 0.6 is 0 Å². The van der Waals surface area contributed by atoms with Crippen molar-refractivity contribution in [3.8, 4) is 0 Å². The van der Waals surface area contributed by atoms with Crippen LogP contribution in [-0.4, -0.2) is 18.7 Å². The Labute approximate surface area is 145 Å². The predicted molar refractivity (Wildman–Crippen MR) is 76.9 cm³/mol. The molecule has 4 nitrogen and oxygen atoms in total. The SMILES string of the molecule is CCC(C)(C)C(=O)OCOC(=O)c1cc(C(F)(F)F)cc(C(F)(F)F)c1. The molecule has 26 heavy (non-hydrogen) atoms. The van der Waals surface area contributed by atoms with Crippen LogP contribution in [0, 0.1) is 5.41 Å². The second-order valence-corrected chi connectivity index (χ2v) is 6.01. The van der Waals surface area contributed by atoms with Gasteiger partial charge in [0.05, 0.1) is 22.1 Å². The van der Waals surface area contributed by atoms with Crippen LogP contribution in [0.15, 0.2) is 18.2 Å². The molecule has 146 valence electrons. The van der Waals surface area contributed by atoms with Crippen molar-refractivity contribution in [3.63, 3.8) is 0 Å². The number of halogens is 6. The standard InChI is InChI=1S/C16H16F6O4/c1-4-14(2,3)13(24)26-8-25-12(23)9-5-10(15(17,18)19)7-11(6-9)16(20,21)22/h5-7H,4,8H2,1-3H3. The van der Waals surface area contributed by atoms with E-state index in [9.17, 15) is 35.9 Å². The average Bonchev–Trinajstić information content (AvgIpc) is 2.52. The second kappa shape index (κ2) is 7.55. The molecule has 1 rings (SSSR count). The molecule has 0 N–H and O–H groups in total. The van der Waals surface area contributed by atoms with Crippen LogP contribution < -0.4 is 0 Å². The lowest BCUT2D eigenvalue weighted by atomic mass is 9.91. The summed E-state index contributed by atoms with van der Waals surface area (Å²) in [5.74, 6) is -2.21. The van der Waals surface area contributed by atoms with Crippen molar-refractivity contribution in [1.29, 1.82) is 0 Å². The number of hydrogen-bond donors (Lipinski definition) is 0. The highest BCUT2D eigenvalue weighted by molar-refractivity contribution is 5.90. The quantitative estimate of drug-likeness (QED) is 0.414. The van der Waals surface area contributed by atoms with E-state index in [1.807, 2.05) is 0 Å². The number of rotatable bonds is 5. The molecule has 0 spiro atoms. The topological polar surface area (TPSA) is 52.6 Å². The molecule has 0 saturated carbocycles. The number of carbonyl (C=O) groups excluding carboxylic acids is 2. The Hall–Kier alpha value is -2.26. The Morgan fingerprint density at radius 2 is 1.35 bits per heavy atom. The molecule has 10 heteroatoms. The van der Waals surface area contributed by atoms with Gasteiger partial charge >= 0.3 is 24.3 Å². The fourth-order valence-corrected chi connectivity index (χ4v) is 1.63. The summed E-state index contributed by atoms with van der Waals surface area (Å²) in [6.45, 7) is 3.88. The van der Waals surface area contributed by atoms with Gasteiger partial charge in [-0.3, -0.25) is 4.79 Å². The molecule has 1 aromatic carbocycles. The predicted octanol–water partition coefficient (Wildman–Crippen LogP) is 4.82. The summed E-state index contributed by atoms with van der Waals surface area (Å²) in [6, 6.07) is 0.353. The van der Waals surface area contributed by atoms with E-state index in [-0.39, 0.29) is 18.2 Å². The van der Waals surface area contributed by atoms with Gasteiger partial charge in [-0.25, -0.2) is 4.79 Å². The van der Waals surface area contributed by atoms with Gasteiger partial charge in [0, 0.05) is 0 Å². The number of hydrogen-bond acceptors (Lipinski definition) is 4. The second-order valence-electron chi connectivity index (χ2n) is 6.01. The van der Waals surface area contributed by atoms with E-state index in [1.165, 1.54) is 0 Å². The Balaban J connectivity index is 2.97. The van der Waals surface area contributed by atoms with Crippen molar-refractivity contribution in [2.24, 2.45) is 5.41 Å². The van der Waals surface area contributed by atoms with Crippen LogP contribution in [0.3, 0.4) is 0 Å². The fraction of sp³-hybridized carbons (Fsp3) is 0.500. The highest BCUT2D eigenvalue weighted by Gasteiger charge is 2.37. The Morgan fingerprint density at radius 3 is 1.73 bits per heavy atom. The molecule has 0 aliphatic heterocycles. The first-order valence-corrected chi connectivity index (χ1v) is 7.32. The summed E-state index contributed by atoms with van der Waals surface area (Å²) in [6.07, 6.45) is -9.77. The monoisotopic (exact) mass is 386 g/mol. The maximum Gasteiger partial charge on any atom is 0.416 e. The van der Waals surface area contributed by atoms with Crippen LogP contribution in [0.2, 0.25) is 0 Å². The van der Waals surface area contributed by atoms with E-state index in [1.54, 1.807) is 20.8 Å². The van der Waals surface area contributed by atoms with Gasteiger partial charge < -0.3 is 9.47 Å². The van der Waals surface area contributed by atoms with Gasteiger partial charge in [-0.2, -0.15) is 26.3 Å². The van der Waals surface area contributed by atoms with Crippen LogP contribution in [0.25, 0.3) is 0 Å². The van der Waals surface area contributed by atoms with Gasteiger partial charge in [-0.1, -0.05) is 6.92 Å². The molecular weight excluding hydrogens is 370 g/mol. The minimum atomic E-state index is -5.09. The Morgan fingerprint density at radius 1 is 0.885 bits per heavy atom. The highest BCUT2D eigenvalue weighted by Crippen LogP contribution is 2.36. The van der Waals surface area contributed by atoms with Gasteiger partial charge in [0.2, 0.25) is 6.79 Å². The molecule has 0 unspecified atom stereocenters. The molecule has 1 aromatic rings. The molecule has 0 aromatic heterocycles. The Bertz CT molecular complexity index is 644. The van der Waals surface area contributed by atoms with Crippen molar-refractivity contribution in [1.82, 2.24) is 0 Å². The minimum absolute atomic E-state index is 0.111. The summed E-state index contributed by atoms with van der Waals surface area (Å²) in [7, 11) is 0. The average molecular weight is 386 g/mol. The van der Waals surface area contributed by atoms with Gasteiger partial charge in [-0.05, 0) is 38.5 Å². The van der Waals surface area contributed by atoms with Crippen molar-refractivity contribution >= 4 is 11.9 Å². The molecule has 0 aliphatic rings. The normalized spacial score (nSPS) is 12.7. The first-order chi connectivity index (χ1) is 11.7. The van der Waals surface area contributed by atoms with E-state index in [2.05, 4.69) is 9.47 Å². The molecule has 0 amide bonds. The molecular formula is C16H16F6O4. The third kappa shape index (κ3) is 5.63. The Kier molecular flexibility index (Phi) is 6.32. The van der Waals surface area contributed by atoms with Crippen molar-refractivity contribution in [2.45, 2.75) is 39.5 Å². The van der Waals surface area contributed by atoms with E-state index >= 15 is 0 Å². The number of benzene rings is 1. The van der Waals surface area contributed by atoms with Crippen LogP contribution in [0.4, 0.5) is 26.3 Å². The van der Waals surface area contributed by atoms with Crippen LogP contribution in [0.5, 0.6) is 0 Å². The van der Waals surface area contributed by atoms with E-state index in [0.29, 0.717) is 6.42 Å². The van der Waals surface area contributed by atoms with Gasteiger partial charge in [0.15, 0.2) is 0 Å². The smallest absolute Gasteiger partial charge is 0.416 e. The lowest BCUT2D eigenvalue weighted by Crippen LogP contribution is -2.27. The third-order valence-corrected chi connectivity index (χ3v) is 3.64. The number of carbonyl (C=O) groups is 2. The first kappa shape index (κ1) is 21.8. The molecule has 0 atom stereocenters. The third-order valence-electron chi connectivity index (χ3n) is 3.64. The summed E-state index contributed by atoms with van der Waals surface area (Å²) in [5.41, 5.74) is -5.14. The van der Waals surface area contributed by atoms with E-state index < -0.39 is 53.2 Å². The van der Waals surface area contributed by atoms with Crippen molar-refractivity contribution in [3.05, 3.63) is 34.9 Å². The maximum absolute atomic E-state index is 12.7. The lowest BCUT2D eigenvalue weighted by molar-refractivity contribution is -0.162. The van der Waals surface area contributed by atoms with Gasteiger partial charge in [-0.15, -0.1) is 0 Å². The van der Waals surface area contributed by atoms with Crippen molar-refractivity contribution < 1.29 is 45.4 Å². The summed E-state index contributed by atoms with van der Waals surface area (Å²) >= 11 is 0. The zero-order chi connectivity index (χ0) is 20.3. The molecule has 0 bridgehead atoms. The van der Waals surface area contributed by atoms with Crippen molar-refractivity contribution in [2.75, 3.05) is 6.79 Å². The zero-order valence-corrected chi connectivity index (χ0v) is 14.0. The molecule has 0 aliphatic carbocycles. The minimum Gasteiger partial charge on any atom is -0.427 e. The lowest BCUT2D eigenvalue weighted by Gasteiger charge is -2.20. The number of ether oxygens (including phenoxy) is 2. The summed E-state index contributed by atoms with van der Waals surface area (Å²) in [4.78, 5) is 23.4. The molecule has 0 fully saturated rings. The largest absolute Gasteiger partial charge is 0.427 e. The van der Waals surface area contributed by atoms with Gasteiger partial charge in [0.25, 0.3) is 0 Å². The van der Waals surface area contributed by atoms with Crippen LogP contribution in [0.1, 0.15) is 48.7 Å².